The van der Waals surface area contributed by atoms with Crippen LogP contribution in [-0.4, -0.2) is 10.8 Å². The van der Waals surface area contributed by atoms with Crippen LogP contribution in [0.15, 0.2) is 54.6 Å². The first kappa shape index (κ1) is 12.5. The van der Waals surface area contributed by atoms with Gasteiger partial charge in [0.2, 0.25) is 5.78 Å². The maximum Gasteiger partial charge on any atom is 0.211 e. The highest BCUT2D eigenvalue weighted by Crippen LogP contribution is 2.19. The number of hydrogen-bond donors (Lipinski definition) is 0. The first-order valence-electron chi connectivity index (χ1n) is 6.32. The van der Waals surface area contributed by atoms with Gasteiger partial charge < -0.3 is 0 Å². The number of benzene rings is 2. The number of halogens is 1. The molecule has 0 saturated heterocycles. The fourth-order valence-corrected chi connectivity index (χ4v) is 2.24. The van der Waals surface area contributed by atoms with Gasteiger partial charge in [-0.1, -0.05) is 30.3 Å². The summed E-state index contributed by atoms with van der Waals surface area (Å²) in [4.78, 5) is 16.7. The van der Waals surface area contributed by atoms with Gasteiger partial charge in [-0.25, -0.2) is 9.37 Å². The van der Waals surface area contributed by atoms with Gasteiger partial charge in [-0.3, -0.25) is 4.79 Å². The number of pyridine rings is 1. The predicted octanol–water partition coefficient (Wildman–Crippen LogP) is 3.91. The lowest BCUT2D eigenvalue weighted by atomic mass is 10.0. The largest absolute Gasteiger partial charge is 0.287 e. The van der Waals surface area contributed by atoms with Crippen molar-refractivity contribution in [2.45, 2.75) is 6.92 Å². The Balaban J connectivity index is 2.12. The summed E-state index contributed by atoms with van der Waals surface area (Å²) >= 11 is 0. The molecule has 0 saturated carbocycles. The van der Waals surface area contributed by atoms with Crippen molar-refractivity contribution in [3.63, 3.8) is 0 Å². The number of fused-ring (bicyclic) bond motifs is 1. The van der Waals surface area contributed by atoms with Crippen molar-refractivity contribution in [3.8, 4) is 0 Å². The quantitative estimate of drug-likeness (QED) is 0.657. The van der Waals surface area contributed by atoms with Gasteiger partial charge in [0, 0.05) is 10.9 Å². The molecule has 0 bridgehead atoms. The van der Waals surface area contributed by atoms with E-state index in [1.54, 1.807) is 12.1 Å². The van der Waals surface area contributed by atoms with Gasteiger partial charge in [0.1, 0.15) is 11.5 Å². The molecule has 0 radical (unpaired) electrons. The molecule has 0 spiro atoms. The van der Waals surface area contributed by atoms with Crippen LogP contribution in [0, 0.1) is 12.7 Å². The molecule has 0 amide bonds. The van der Waals surface area contributed by atoms with Crippen LogP contribution in [0.1, 0.15) is 21.6 Å². The number of ketones is 1. The summed E-state index contributed by atoms with van der Waals surface area (Å²) in [7, 11) is 0. The van der Waals surface area contributed by atoms with Crippen molar-refractivity contribution in [1.82, 2.24) is 4.98 Å². The average molecular weight is 265 g/mol. The van der Waals surface area contributed by atoms with Gasteiger partial charge in [-0.2, -0.15) is 0 Å². The fourth-order valence-electron chi connectivity index (χ4n) is 2.24. The normalized spacial score (nSPS) is 10.7. The first-order valence-corrected chi connectivity index (χ1v) is 6.32. The lowest BCUT2D eigenvalue weighted by Crippen LogP contribution is -2.05. The van der Waals surface area contributed by atoms with E-state index in [2.05, 4.69) is 4.98 Å². The minimum absolute atomic E-state index is 0.265. The van der Waals surface area contributed by atoms with Crippen LogP contribution >= 0.6 is 0 Å². The van der Waals surface area contributed by atoms with Gasteiger partial charge in [0.25, 0.3) is 0 Å². The lowest BCUT2D eigenvalue weighted by molar-refractivity contribution is 0.103. The second-order valence-corrected chi connectivity index (χ2v) is 4.68. The first-order chi connectivity index (χ1) is 9.65. The Bertz CT molecular complexity index is 811. The van der Waals surface area contributed by atoms with Crippen LogP contribution < -0.4 is 0 Å². The fraction of sp³-hybridized carbons (Fsp3) is 0.0588. The van der Waals surface area contributed by atoms with Crippen LogP contribution in [0.2, 0.25) is 0 Å². The molecule has 2 nitrogen and oxygen atoms in total. The molecule has 2 aromatic carbocycles. The highest BCUT2D eigenvalue weighted by molar-refractivity contribution is 6.08. The van der Waals surface area contributed by atoms with Gasteiger partial charge in [-0.15, -0.1) is 0 Å². The van der Waals surface area contributed by atoms with Crippen LogP contribution in [0.5, 0.6) is 0 Å². The number of hydrogen-bond acceptors (Lipinski definition) is 2. The number of para-hydroxylation sites is 1. The maximum absolute atomic E-state index is 13.2. The minimum Gasteiger partial charge on any atom is -0.287 e. The molecule has 0 atom stereocenters. The number of carbonyl (C=O) groups excluding carboxylic acids is 1. The number of nitrogens with zero attached hydrogens (tertiary/aromatic N) is 1. The summed E-state index contributed by atoms with van der Waals surface area (Å²) in [5, 5.41) is 1.02. The van der Waals surface area contributed by atoms with Crippen LogP contribution in [0.3, 0.4) is 0 Å². The van der Waals surface area contributed by atoms with E-state index in [4.69, 9.17) is 0 Å². The van der Waals surface area contributed by atoms with Crippen molar-refractivity contribution in [1.29, 1.82) is 0 Å². The number of aromatic nitrogens is 1. The predicted molar refractivity (Wildman–Crippen MR) is 76.3 cm³/mol. The van der Waals surface area contributed by atoms with Crippen LogP contribution in [0.4, 0.5) is 4.39 Å². The van der Waals surface area contributed by atoms with E-state index in [0.29, 0.717) is 11.3 Å². The van der Waals surface area contributed by atoms with E-state index in [9.17, 15) is 9.18 Å². The molecule has 98 valence electrons. The Hall–Kier alpha value is -2.55. The molecule has 0 aliphatic heterocycles. The van der Waals surface area contributed by atoms with Crippen molar-refractivity contribution < 1.29 is 9.18 Å². The monoisotopic (exact) mass is 265 g/mol. The molecule has 1 aromatic heterocycles. The Morgan fingerprint density at radius 3 is 2.65 bits per heavy atom. The van der Waals surface area contributed by atoms with Crippen molar-refractivity contribution in [2.24, 2.45) is 0 Å². The SMILES string of the molecule is Cc1cc(C(=O)c2cccc(F)c2)nc2ccccc12. The molecule has 0 fully saturated rings. The third kappa shape index (κ3) is 2.18. The zero-order valence-electron chi connectivity index (χ0n) is 10.9. The molecular formula is C17H12FNO. The van der Waals surface area contributed by atoms with Crippen LogP contribution in [-0.2, 0) is 0 Å². The number of aryl methyl sites for hydroxylation is 1. The molecule has 20 heavy (non-hydrogen) atoms. The summed E-state index contributed by atoms with van der Waals surface area (Å²) in [6.07, 6.45) is 0. The van der Waals surface area contributed by atoms with E-state index in [1.807, 2.05) is 31.2 Å². The second kappa shape index (κ2) is 4.85. The Kier molecular flexibility index (Phi) is 3.03. The Labute approximate surface area is 115 Å². The zero-order chi connectivity index (χ0) is 14.1. The summed E-state index contributed by atoms with van der Waals surface area (Å²) in [6.45, 7) is 1.94. The average Bonchev–Trinajstić information content (AvgIpc) is 2.46. The lowest BCUT2D eigenvalue weighted by Gasteiger charge is -2.06. The van der Waals surface area contributed by atoms with Gasteiger partial charge >= 0.3 is 0 Å². The van der Waals surface area contributed by atoms with Crippen LogP contribution in [0.25, 0.3) is 10.9 Å². The summed E-state index contributed by atoms with van der Waals surface area (Å²) in [5.74, 6) is -0.688. The molecule has 0 aliphatic rings. The van der Waals surface area contributed by atoms with Gasteiger partial charge in [-0.05, 0) is 36.8 Å². The Morgan fingerprint density at radius 1 is 1.05 bits per heavy atom. The molecule has 1 heterocycles. The third-order valence-electron chi connectivity index (χ3n) is 3.24. The molecule has 3 heteroatoms. The topological polar surface area (TPSA) is 30.0 Å². The summed E-state index contributed by atoms with van der Waals surface area (Å²) < 4.78 is 13.2. The third-order valence-corrected chi connectivity index (χ3v) is 3.24. The molecule has 3 aromatic rings. The van der Waals surface area contributed by atoms with Crippen molar-refractivity contribution in [3.05, 3.63) is 77.2 Å². The molecule has 0 N–H and O–H groups in total. The van der Waals surface area contributed by atoms with E-state index in [0.717, 1.165) is 16.5 Å². The standard InChI is InChI=1S/C17H12FNO/c1-11-9-16(19-15-8-3-2-7-14(11)15)17(20)12-5-4-6-13(18)10-12/h2-10H,1H3. The second-order valence-electron chi connectivity index (χ2n) is 4.68. The maximum atomic E-state index is 13.2. The van der Waals surface area contributed by atoms with Gasteiger partial charge in [0.05, 0.1) is 5.52 Å². The van der Waals surface area contributed by atoms with E-state index in [-0.39, 0.29) is 5.78 Å². The molecule has 0 unspecified atom stereocenters. The van der Waals surface area contributed by atoms with Crippen molar-refractivity contribution >= 4 is 16.7 Å². The minimum atomic E-state index is -0.423. The number of carbonyl (C=O) groups is 1. The molecule has 0 aliphatic carbocycles. The Morgan fingerprint density at radius 2 is 1.85 bits per heavy atom. The molecular weight excluding hydrogens is 253 g/mol. The van der Waals surface area contributed by atoms with E-state index in [1.165, 1.54) is 18.2 Å². The summed E-state index contributed by atoms with van der Waals surface area (Å²) in [6, 6.07) is 15.1. The van der Waals surface area contributed by atoms with E-state index < -0.39 is 5.82 Å². The zero-order valence-corrected chi connectivity index (χ0v) is 10.9. The molecule has 3 rings (SSSR count). The highest BCUT2D eigenvalue weighted by atomic mass is 19.1. The smallest absolute Gasteiger partial charge is 0.211 e. The number of rotatable bonds is 2. The van der Waals surface area contributed by atoms with Gasteiger partial charge in [0.15, 0.2) is 0 Å². The van der Waals surface area contributed by atoms with E-state index >= 15 is 0 Å². The van der Waals surface area contributed by atoms with Crippen molar-refractivity contribution in [2.75, 3.05) is 0 Å². The summed E-state index contributed by atoms with van der Waals surface area (Å²) in [5.41, 5.74) is 2.40. The highest BCUT2D eigenvalue weighted by Gasteiger charge is 2.13.